The molecule has 2 heterocycles. The van der Waals surface area contributed by atoms with Crippen LogP contribution in [0.5, 0.6) is 0 Å². The van der Waals surface area contributed by atoms with Crippen LogP contribution in [0.2, 0.25) is 0 Å². The molecule has 0 spiro atoms. The van der Waals surface area contributed by atoms with Gasteiger partial charge in [-0.2, -0.15) is 0 Å². The Balaban J connectivity index is 1.80. The Morgan fingerprint density at radius 2 is 1.90 bits per heavy atom. The van der Waals surface area contributed by atoms with E-state index in [-0.39, 0.29) is 11.4 Å². The predicted molar refractivity (Wildman–Crippen MR) is 109 cm³/mol. The summed E-state index contributed by atoms with van der Waals surface area (Å²) < 4.78 is 42.9. The van der Waals surface area contributed by atoms with Gasteiger partial charge in [0.1, 0.15) is 5.82 Å². The number of carbonyl (C=O) groups is 1. The van der Waals surface area contributed by atoms with E-state index >= 15 is 0 Å². The Morgan fingerprint density at radius 1 is 1.17 bits per heavy atom. The van der Waals surface area contributed by atoms with E-state index in [0.717, 1.165) is 25.9 Å². The highest BCUT2D eigenvalue weighted by molar-refractivity contribution is 9.10. The summed E-state index contributed by atoms with van der Waals surface area (Å²) in [6.45, 7) is 4.63. The Hall–Kier alpha value is -2.13. The third-order valence-electron chi connectivity index (χ3n) is 4.86. The molecular weight excluding hydrogens is 449 g/mol. The second kappa shape index (κ2) is 9.58. The summed E-state index contributed by atoms with van der Waals surface area (Å²) in [6, 6.07) is 2.43. The first-order valence-corrected chi connectivity index (χ1v) is 10.2. The number of amides is 1. The Bertz CT molecular complexity index is 904. The summed E-state index contributed by atoms with van der Waals surface area (Å²) in [7, 11) is 0. The number of halogens is 4. The van der Waals surface area contributed by atoms with Crippen molar-refractivity contribution < 1.29 is 18.0 Å². The standard InChI is InChI=1S/C20H22BrF3N4O/c1-12-9-13(21)11-26-19(12)27-18-14(10-15(22)16(23)17(18)24)20(29)25-5-8-28-6-3-2-4-7-28/h9-11H,2-8H2,1H3,(H,25,29)(H,26,27). The van der Waals surface area contributed by atoms with Crippen LogP contribution in [0.4, 0.5) is 24.7 Å². The molecule has 29 heavy (non-hydrogen) atoms. The van der Waals surface area contributed by atoms with Crippen LogP contribution in [0.3, 0.4) is 0 Å². The van der Waals surface area contributed by atoms with Crippen molar-refractivity contribution in [1.82, 2.24) is 15.2 Å². The predicted octanol–water partition coefficient (Wildman–Crippen LogP) is 4.53. The minimum Gasteiger partial charge on any atom is -0.351 e. The van der Waals surface area contributed by atoms with Gasteiger partial charge in [-0.3, -0.25) is 4.79 Å². The van der Waals surface area contributed by atoms with E-state index in [1.807, 2.05) is 0 Å². The highest BCUT2D eigenvalue weighted by Gasteiger charge is 2.24. The highest BCUT2D eigenvalue weighted by Crippen LogP contribution is 2.29. The van der Waals surface area contributed by atoms with Gasteiger partial charge in [0.15, 0.2) is 17.5 Å². The van der Waals surface area contributed by atoms with E-state index in [9.17, 15) is 18.0 Å². The van der Waals surface area contributed by atoms with Crippen molar-refractivity contribution in [1.29, 1.82) is 0 Å². The van der Waals surface area contributed by atoms with Crippen molar-refractivity contribution in [2.45, 2.75) is 26.2 Å². The molecule has 156 valence electrons. The van der Waals surface area contributed by atoms with Crippen molar-refractivity contribution in [3.05, 3.63) is 51.4 Å². The van der Waals surface area contributed by atoms with Crippen LogP contribution in [-0.2, 0) is 0 Å². The lowest BCUT2D eigenvalue weighted by Crippen LogP contribution is -2.37. The number of nitrogens with one attached hydrogen (secondary N) is 2. The number of nitrogens with zero attached hydrogens (tertiary/aromatic N) is 2. The molecule has 9 heteroatoms. The zero-order valence-corrected chi connectivity index (χ0v) is 17.6. The van der Waals surface area contributed by atoms with Gasteiger partial charge in [0.25, 0.3) is 5.91 Å². The average molecular weight is 471 g/mol. The molecule has 1 amide bonds. The maximum absolute atomic E-state index is 14.5. The number of hydrogen-bond donors (Lipinski definition) is 2. The molecule has 0 radical (unpaired) electrons. The minimum atomic E-state index is -1.65. The summed E-state index contributed by atoms with van der Waals surface area (Å²) in [6.07, 6.45) is 4.92. The molecule has 1 aliphatic heterocycles. The summed E-state index contributed by atoms with van der Waals surface area (Å²) in [4.78, 5) is 18.9. The summed E-state index contributed by atoms with van der Waals surface area (Å²) in [5, 5.41) is 5.31. The van der Waals surface area contributed by atoms with Crippen LogP contribution in [0.25, 0.3) is 0 Å². The molecule has 3 rings (SSSR count). The Kier molecular flexibility index (Phi) is 7.13. The topological polar surface area (TPSA) is 57.3 Å². The Morgan fingerprint density at radius 3 is 2.59 bits per heavy atom. The molecule has 0 aliphatic carbocycles. The van der Waals surface area contributed by atoms with Crippen LogP contribution in [0.15, 0.2) is 22.8 Å². The van der Waals surface area contributed by atoms with E-state index in [2.05, 4.69) is 36.4 Å². The third-order valence-corrected chi connectivity index (χ3v) is 5.29. The normalized spacial score (nSPS) is 14.7. The maximum atomic E-state index is 14.5. The fourth-order valence-electron chi connectivity index (χ4n) is 3.29. The number of likely N-dealkylation sites (tertiary alicyclic amines) is 1. The SMILES string of the molecule is Cc1cc(Br)cnc1Nc1c(C(=O)NCCN2CCCCC2)cc(F)c(F)c1F. The summed E-state index contributed by atoms with van der Waals surface area (Å²) >= 11 is 3.27. The molecule has 5 nitrogen and oxygen atoms in total. The van der Waals surface area contributed by atoms with Crippen molar-refractivity contribution >= 4 is 33.3 Å². The van der Waals surface area contributed by atoms with Crippen molar-refractivity contribution in [3.63, 3.8) is 0 Å². The molecule has 1 aromatic heterocycles. The van der Waals surface area contributed by atoms with E-state index in [0.29, 0.717) is 29.2 Å². The van der Waals surface area contributed by atoms with Crippen LogP contribution < -0.4 is 10.6 Å². The number of piperidine rings is 1. The molecule has 1 aromatic carbocycles. The third kappa shape index (κ3) is 5.27. The molecule has 1 fully saturated rings. The largest absolute Gasteiger partial charge is 0.351 e. The zero-order chi connectivity index (χ0) is 21.0. The van der Waals surface area contributed by atoms with Gasteiger partial charge >= 0.3 is 0 Å². The smallest absolute Gasteiger partial charge is 0.253 e. The number of anilines is 2. The number of aryl methyl sites for hydroxylation is 1. The van der Waals surface area contributed by atoms with Gasteiger partial charge in [0.05, 0.1) is 11.3 Å². The lowest BCUT2D eigenvalue weighted by molar-refractivity contribution is 0.0946. The van der Waals surface area contributed by atoms with E-state index in [1.54, 1.807) is 13.0 Å². The molecular formula is C20H22BrF3N4O. The van der Waals surface area contributed by atoms with Crippen molar-refractivity contribution in [3.8, 4) is 0 Å². The van der Waals surface area contributed by atoms with Gasteiger partial charge < -0.3 is 15.5 Å². The number of hydrogen-bond acceptors (Lipinski definition) is 4. The first-order chi connectivity index (χ1) is 13.9. The van der Waals surface area contributed by atoms with E-state index < -0.39 is 29.0 Å². The van der Waals surface area contributed by atoms with Gasteiger partial charge in [0.2, 0.25) is 0 Å². The van der Waals surface area contributed by atoms with Gasteiger partial charge in [-0.25, -0.2) is 18.2 Å². The van der Waals surface area contributed by atoms with Crippen LogP contribution in [0.1, 0.15) is 35.2 Å². The molecule has 0 unspecified atom stereocenters. The first kappa shape index (κ1) is 21.6. The molecule has 0 bridgehead atoms. The summed E-state index contributed by atoms with van der Waals surface area (Å²) in [5.41, 5.74) is -0.124. The number of benzene rings is 1. The van der Waals surface area contributed by atoms with Gasteiger partial charge in [-0.05, 0) is 66.5 Å². The molecule has 1 aliphatic rings. The maximum Gasteiger partial charge on any atom is 0.253 e. The molecule has 2 N–H and O–H groups in total. The minimum absolute atomic E-state index is 0.237. The highest BCUT2D eigenvalue weighted by atomic mass is 79.9. The Labute approximate surface area is 175 Å². The van der Waals surface area contributed by atoms with Crippen LogP contribution >= 0.6 is 15.9 Å². The quantitative estimate of drug-likeness (QED) is 0.609. The van der Waals surface area contributed by atoms with E-state index in [4.69, 9.17) is 0 Å². The van der Waals surface area contributed by atoms with E-state index in [1.165, 1.54) is 12.6 Å². The molecule has 0 atom stereocenters. The van der Waals surface area contributed by atoms with Gasteiger partial charge in [-0.15, -0.1) is 0 Å². The lowest BCUT2D eigenvalue weighted by atomic mass is 10.1. The monoisotopic (exact) mass is 470 g/mol. The number of rotatable bonds is 6. The van der Waals surface area contributed by atoms with Gasteiger partial charge in [0, 0.05) is 23.8 Å². The average Bonchev–Trinajstić information content (AvgIpc) is 2.70. The fourth-order valence-corrected chi connectivity index (χ4v) is 3.74. The number of pyridine rings is 1. The first-order valence-electron chi connectivity index (χ1n) is 9.44. The van der Waals surface area contributed by atoms with Gasteiger partial charge in [-0.1, -0.05) is 6.42 Å². The molecule has 0 saturated carbocycles. The molecule has 1 saturated heterocycles. The van der Waals surface area contributed by atoms with Crippen LogP contribution in [-0.4, -0.2) is 42.0 Å². The second-order valence-corrected chi connectivity index (χ2v) is 7.93. The molecule has 2 aromatic rings. The fraction of sp³-hybridized carbons (Fsp3) is 0.400. The summed E-state index contributed by atoms with van der Waals surface area (Å²) in [5.74, 6) is -4.98. The lowest BCUT2D eigenvalue weighted by Gasteiger charge is -2.26. The zero-order valence-electron chi connectivity index (χ0n) is 16.0. The number of aromatic nitrogens is 1. The second-order valence-electron chi connectivity index (χ2n) is 7.01. The van der Waals surface area contributed by atoms with Crippen molar-refractivity contribution in [2.75, 3.05) is 31.5 Å². The van der Waals surface area contributed by atoms with Crippen molar-refractivity contribution in [2.24, 2.45) is 0 Å². The van der Waals surface area contributed by atoms with Crippen LogP contribution in [0, 0.1) is 24.4 Å². The number of carbonyl (C=O) groups excluding carboxylic acids is 1.